The molecule has 0 amide bonds. The average Bonchev–Trinajstić information content (AvgIpc) is 3.16. The van der Waals surface area contributed by atoms with Crippen LogP contribution in [-0.2, 0) is 16.1 Å². The second-order valence-corrected chi connectivity index (χ2v) is 9.13. The highest BCUT2D eigenvalue weighted by molar-refractivity contribution is 6.30. The maximum absolute atomic E-state index is 10.5. The molecule has 0 unspecified atom stereocenters. The maximum atomic E-state index is 10.5. The highest BCUT2D eigenvalue weighted by atomic mass is 35.5. The van der Waals surface area contributed by atoms with Gasteiger partial charge < -0.3 is 14.7 Å². The van der Waals surface area contributed by atoms with Gasteiger partial charge in [0.2, 0.25) is 0 Å². The van der Waals surface area contributed by atoms with Gasteiger partial charge in [0.05, 0.1) is 18.4 Å². The third-order valence-corrected chi connectivity index (χ3v) is 5.41. The van der Waals surface area contributed by atoms with Crippen LogP contribution in [0.15, 0.2) is 53.7 Å². The summed E-state index contributed by atoms with van der Waals surface area (Å²) >= 11 is 6.17. The normalized spacial score (nSPS) is 17.1. The molecule has 2 atom stereocenters. The van der Waals surface area contributed by atoms with Gasteiger partial charge in [-0.1, -0.05) is 67.0 Å². The molecule has 0 aromatic heterocycles. The highest BCUT2D eigenvalue weighted by Gasteiger charge is 2.26. The van der Waals surface area contributed by atoms with E-state index in [0.29, 0.717) is 43.8 Å². The number of aryl methyl sites for hydroxylation is 1. The van der Waals surface area contributed by atoms with Gasteiger partial charge in [0.1, 0.15) is 6.10 Å². The quantitative estimate of drug-likeness (QED) is 0.546. The summed E-state index contributed by atoms with van der Waals surface area (Å²) in [5, 5.41) is 15.6. The summed E-state index contributed by atoms with van der Waals surface area (Å²) < 4.78 is 5.63. The van der Waals surface area contributed by atoms with E-state index in [2.05, 4.69) is 43.0 Å². The topological polar surface area (TPSA) is 54.3 Å². The van der Waals surface area contributed by atoms with E-state index in [9.17, 15) is 5.11 Å². The molecule has 1 aliphatic rings. The van der Waals surface area contributed by atoms with Gasteiger partial charge in [-0.25, -0.2) is 0 Å². The van der Waals surface area contributed by atoms with E-state index < -0.39 is 6.10 Å². The van der Waals surface area contributed by atoms with E-state index in [4.69, 9.17) is 21.2 Å². The minimum absolute atomic E-state index is 0.0578. The fourth-order valence-electron chi connectivity index (χ4n) is 3.76. The van der Waals surface area contributed by atoms with E-state index in [-0.39, 0.29) is 6.10 Å². The van der Waals surface area contributed by atoms with Gasteiger partial charge >= 0.3 is 0 Å². The van der Waals surface area contributed by atoms with Crippen molar-refractivity contribution in [1.82, 2.24) is 4.90 Å². The summed E-state index contributed by atoms with van der Waals surface area (Å²) in [7, 11) is 0. The van der Waals surface area contributed by atoms with Crippen molar-refractivity contribution in [2.75, 3.05) is 26.3 Å². The largest absolute Gasteiger partial charge is 0.390 e. The van der Waals surface area contributed by atoms with E-state index in [0.717, 1.165) is 23.3 Å². The number of aliphatic hydroxyl groups excluding tert-OH is 1. The van der Waals surface area contributed by atoms with E-state index in [1.54, 1.807) is 0 Å². The van der Waals surface area contributed by atoms with Gasteiger partial charge in [0.15, 0.2) is 0 Å². The van der Waals surface area contributed by atoms with Gasteiger partial charge in [-0.05, 0) is 36.1 Å². The van der Waals surface area contributed by atoms with E-state index >= 15 is 0 Å². The van der Waals surface area contributed by atoms with Crippen LogP contribution in [0.3, 0.4) is 0 Å². The van der Waals surface area contributed by atoms with Crippen LogP contribution in [0.4, 0.5) is 0 Å². The lowest BCUT2D eigenvalue weighted by molar-refractivity contribution is -0.00734. The molecule has 0 radical (unpaired) electrons. The molecule has 168 valence electrons. The Morgan fingerprint density at radius 1 is 1.19 bits per heavy atom. The predicted octanol–water partition coefficient (Wildman–Crippen LogP) is 4.68. The summed E-state index contributed by atoms with van der Waals surface area (Å²) in [6, 6.07) is 16.0. The number of benzene rings is 2. The molecular formula is C25H33ClN2O3. The summed E-state index contributed by atoms with van der Waals surface area (Å²) in [6.07, 6.45) is 0.116. The van der Waals surface area contributed by atoms with Crippen molar-refractivity contribution in [3.63, 3.8) is 0 Å². The Hall–Kier alpha value is -1.92. The van der Waals surface area contributed by atoms with Crippen molar-refractivity contribution in [3.05, 3.63) is 70.2 Å². The van der Waals surface area contributed by atoms with Gasteiger partial charge in [-0.3, -0.25) is 4.90 Å². The van der Waals surface area contributed by atoms with Crippen LogP contribution in [0.5, 0.6) is 0 Å². The molecule has 1 heterocycles. The first-order chi connectivity index (χ1) is 14.9. The Kier molecular flexibility index (Phi) is 8.90. The zero-order chi connectivity index (χ0) is 22.2. The molecule has 0 spiro atoms. The van der Waals surface area contributed by atoms with Gasteiger partial charge in [-0.2, -0.15) is 0 Å². The Balaban J connectivity index is 1.61. The number of aliphatic hydroxyl groups is 1. The number of oxime groups is 1. The monoisotopic (exact) mass is 444 g/mol. The first-order valence-electron chi connectivity index (χ1n) is 10.9. The SMILES string of the molecule is Cc1ccccc1C1=NO[C@@H](CN(Cc2cccc(Cl)c2)C[C@H](O)COCC(C)C)C1. The number of rotatable bonds is 11. The van der Waals surface area contributed by atoms with Crippen LogP contribution in [-0.4, -0.2) is 54.2 Å². The number of hydrogen-bond donors (Lipinski definition) is 1. The second kappa shape index (κ2) is 11.6. The molecule has 6 heteroatoms. The molecule has 0 aliphatic carbocycles. The van der Waals surface area contributed by atoms with Crippen molar-refractivity contribution in [2.45, 2.75) is 45.9 Å². The standard InChI is InChI=1S/C25H33ClN2O3/c1-18(2)16-30-17-22(29)14-28(13-20-8-6-9-21(26)11-20)15-23-12-25(27-31-23)24-10-5-4-7-19(24)3/h4-11,18,22-23,29H,12-17H2,1-3H3/t22-,23+/m0/s1. The maximum Gasteiger partial charge on any atom is 0.145 e. The third kappa shape index (κ3) is 7.62. The number of hydrogen-bond acceptors (Lipinski definition) is 5. The molecule has 5 nitrogen and oxygen atoms in total. The zero-order valence-corrected chi connectivity index (χ0v) is 19.4. The van der Waals surface area contributed by atoms with Gasteiger partial charge in [0, 0.05) is 43.2 Å². The van der Waals surface area contributed by atoms with E-state index in [1.807, 2.05) is 36.4 Å². The number of nitrogens with zero attached hydrogens (tertiary/aromatic N) is 2. The summed E-state index contributed by atoms with van der Waals surface area (Å²) in [4.78, 5) is 7.96. The fraction of sp³-hybridized carbons (Fsp3) is 0.480. The Labute approximate surface area is 190 Å². The van der Waals surface area contributed by atoms with Crippen LogP contribution in [0.2, 0.25) is 5.02 Å². The van der Waals surface area contributed by atoms with E-state index in [1.165, 1.54) is 5.56 Å². The first-order valence-corrected chi connectivity index (χ1v) is 11.3. The smallest absolute Gasteiger partial charge is 0.145 e. The lowest BCUT2D eigenvalue weighted by Gasteiger charge is -2.27. The van der Waals surface area contributed by atoms with Crippen LogP contribution >= 0.6 is 11.6 Å². The Bertz CT molecular complexity index is 871. The lowest BCUT2D eigenvalue weighted by atomic mass is 10.00. The highest BCUT2D eigenvalue weighted by Crippen LogP contribution is 2.21. The molecule has 2 aromatic carbocycles. The predicted molar refractivity (Wildman–Crippen MR) is 126 cm³/mol. The first kappa shape index (κ1) is 23.7. The number of ether oxygens (including phenoxy) is 1. The van der Waals surface area contributed by atoms with Crippen LogP contribution < -0.4 is 0 Å². The third-order valence-electron chi connectivity index (χ3n) is 5.18. The van der Waals surface area contributed by atoms with Crippen LogP contribution in [0.1, 0.15) is 37.0 Å². The molecule has 3 rings (SSSR count). The van der Waals surface area contributed by atoms with Gasteiger partial charge in [-0.15, -0.1) is 0 Å². The van der Waals surface area contributed by atoms with Gasteiger partial charge in [0.25, 0.3) is 0 Å². The molecule has 1 N–H and O–H groups in total. The molecule has 0 saturated heterocycles. The molecule has 31 heavy (non-hydrogen) atoms. The molecule has 0 saturated carbocycles. The Morgan fingerprint density at radius 2 is 2.00 bits per heavy atom. The van der Waals surface area contributed by atoms with Crippen molar-refractivity contribution in [3.8, 4) is 0 Å². The molecule has 0 fully saturated rings. The van der Waals surface area contributed by atoms with Crippen LogP contribution in [0, 0.1) is 12.8 Å². The van der Waals surface area contributed by atoms with Crippen molar-refractivity contribution >= 4 is 17.3 Å². The Morgan fingerprint density at radius 3 is 2.74 bits per heavy atom. The molecule has 2 aromatic rings. The fourth-order valence-corrected chi connectivity index (χ4v) is 3.97. The molecule has 0 bridgehead atoms. The van der Waals surface area contributed by atoms with Crippen molar-refractivity contribution in [1.29, 1.82) is 0 Å². The summed E-state index contributed by atoms with van der Waals surface area (Å²) in [6.45, 7) is 9.07. The second-order valence-electron chi connectivity index (χ2n) is 8.69. The minimum atomic E-state index is -0.573. The summed E-state index contributed by atoms with van der Waals surface area (Å²) in [5.74, 6) is 0.443. The molecular weight excluding hydrogens is 412 g/mol. The molecule has 1 aliphatic heterocycles. The minimum Gasteiger partial charge on any atom is -0.390 e. The zero-order valence-electron chi connectivity index (χ0n) is 18.6. The number of halogens is 1. The van der Waals surface area contributed by atoms with Crippen LogP contribution in [0.25, 0.3) is 0 Å². The van der Waals surface area contributed by atoms with Crippen molar-refractivity contribution in [2.24, 2.45) is 11.1 Å². The summed E-state index contributed by atoms with van der Waals surface area (Å²) in [5.41, 5.74) is 4.40. The lowest BCUT2D eigenvalue weighted by Crippen LogP contribution is -2.39. The van der Waals surface area contributed by atoms with Crippen molar-refractivity contribution < 1.29 is 14.7 Å². The average molecular weight is 445 g/mol.